The van der Waals surface area contributed by atoms with E-state index in [0.717, 1.165) is 10.9 Å². The number of aliphatic carboxylic acids is 1. The van der Waals surface area contributed by atoms with Crippen molar-refractivity contribution >= 4 is 106 Å². The maximum absolute atomic E-state index is 15.2. The number of aromatic amines is 2. The van der Waals surface area contributed by atoms with Gasteiger partial charge in [0.15, 0.2) is 0 Å². The molecule has 0 aliphatic heterocycles. The van der Waals surface area contributed by atoms with Crippen molar-refractivity contribution in [1.82, 2.24) is 52.1 Å². The maximum atomic E-state index is 15.2. The van der Waals surface area contributed by atoms with Gasteiger partial charge in [-0.25, -0.2) is 0 Å². The van der Waals surface area contributed by atoms with E-state index in [-0.39, 0.29) is 89.7 Å². The average Bonchev–Trinajstić information content (AvgIpc) is 2.40. The molecular formula is C61H74N13O13ReS2-5. The summed E-state index contributed by atoms with van der Waals surface area (Å²) in [4.78, 5) is 145. The third-order valence-corrected chi connectivity index (χ3v) is 15.2. The van der Waals surface area contributed by atoms with Crippen molar-refractivity contribution in [2.24, 2.45) is 17.2 Å². The van der Waals surface area contributed by atoms with E-state index in [1.54, 1.807) is 97.3 Å². The second kappa shape index (κ2) is 37.1. The maximum Gasteiger partial charge on any atom is 0.246 e. The molecule has 4 aromatic carbocycles. The number of hydrogen-bond donors (Lipinski definition) is 13. The van der Waals surface area contributed by atoms with Gasteiger partial charge in [0.05, 0.1) is 30.7 Å². The molecule has 0 bridgehead atoms. The standard InChI is InChI=1S/C61H77N13O12S2.O.Re/c1-35(75)53(59(83)72-49(27-37-16-6-3-7-17-37)60(84)74(32-51(64)76)50(34-88)61(85)86)73-55(79)45(22-12-13-24-62)69-57(81)47(28-38-30-66-43-20-10-8-18-40(38)43)71-58(82)48(29-39-31-67-44-21-11-9-19-41(39)44)70-56(80)46(26-36-14-4-2-5-15-36)68-52(77)23-25-65-54(78)42(63)33-87;;/h2-11,14-21,30-31,35,42,45-50,53,66-67,75,87-88H,12-13,22-29,32-34,62-63H2,1H3,(H2,64,76)(H,65,78)(H,68,77)(H,69,81)(H,70,80)(H,71,82)(H,72,83)(H,73,79)(H,85,86);;/q;-2;/p-3/t35-,42-,45+,46+,47-,48+,49+,50-,53+;;/m1../s1. The second-order valence-electron chi connectivity index (χ2n) is 21.1. The molecule has 485 valence electrons. The third-order valence-electron chi connectivity index (χ3n) is 14.5. The number of unbranched alkanes of at least 4 members (excludes halogenated alkanes) is 1. The summed E-state index contributed by atoms with van der Waals surface area (Å²) in [5.74, 6) is -10.4. The fourth-order valence-corrected chi connectivity index (χ4v) is 10.3. The second-order valence-corrected chi connectivity index (χ2v) is 21.8. The Hall–Kier alpha value is -8.14. The van der Waals surface area contributed by atoms with E-state index >= 15 is 9.59 Å². The van der Waals surface area contributed by atoms with Gasteiger partial charge in [-0.3, -0.25) is 43.2 Å². The van der Waals surface area contributed by atoms with Gasteiger partial charge in [0.25, 0.3) is 0 Å². The van der Waals surface area contributed by atoms with E-state index < -0.39 is 126 Å². The summed E-state index contributed by atoms with van der Waals surface area (Å²) in [7, 11) is 0. The van der Waals surface area contributed by atoms with Crippen LogP contribution in [0.1, 0.15) is 54.9 Å². The predicted molar refractivity (Wildman–Crippen MR) is 331 cm³/mol. The van der Waals surface area contributed by atoms with Crippen molar-refractivity contribution in [3.05, 3.63) is 144 Å². The van der Waals surface area contributed by atoms with Gasteiger partial charge in [0, 0.05) is 93.3 Å². The SMILES string of the molecule is C[C@@H](O)[C@H](NC(=O)[C@H](CCCCN)NC(=O)[C@@H](Cc1c[nH]c2ccccc12)NC(=O)[C@H](Cc1c[nH]c2ccccc12)NC(=O)[C@H](Cc1ccccc1)NC(=O)CCNC(=O)[C@H](N)C[S-])C(=O)N[C@@H](Cc1ccccc1)C(=O)N(CC(N)=O)[C@H](C[S-])C(=O)[O-].[O-2].[Re]. The minimum atomic E-state index is -1.83. The Morgan fingerprint density at radius 1 is 0.589 bits per heavy atom. The Labute approximate surface area is 544 Å². The van der Waals surface area contributed by atoms with Crippen LogP contribution in [-0.2, 0) is 125 Å². The minimum Gasteiger partial charge on any atom is -2.00 e. The van der Waals surface area contributed by atoms with Crippen LogP contribution in [-0.4, -0.2) is 165 Å². The number of aromatic nitrogens is 2. The molecule has 0 fully saturated rings. The molecule has 0 saturated carbocycles. The number of carbonyl (C=O) groups excluding carboxylic acids is 10. The molecule has 9 amide bonds. The summed E-state index contributed by atoms with van der Waals surface area (Å²) in [5, 5.41) is 43.5. The molecule has 0 unspecified atom stereocenters. The summed E-state index contributed by atoms with van der Waals surface area (Å²) in [5.41, 5.74) is 20.8. The number of rotatable bonds is 35. The number of para-hydroxylation sites is 2. The summed E-state index contributed by atoms with van der Waals surface area (Å²) in [6.07, 6.45) is 1.37. The van der Waals surface area contributed by atoms with E-state index in [4.69, 9.17) is 42.5 Å². The number of fused-ring (bicyclic) bond motifs is 2. The molecule has 90 heavy (non-hydrogen) atoms. The smallest absolute Gasteiger partial charge is 0.246 e. The van der Waals surface area contributed by atoms with Crippen LogP contribution in [0.4, 0.5) is 0 Å². The number of benzene rings is 4. The van der Waals surface area contributed by atoms with Gasteiger partial charge in [-0.05, 0) is 67.1 Å². The fourth-order valence-electron chi connectivity index (χ4n) is 9.83. The van der Waals surface area contributed by atoms with Gasteiger partial charge >= 0.3 is 0 Å². The number of aliphatic hydroxyl groups excluding tert-OH is 1. The van der Waals surface area contributed by atoms with Crippen LogP contribution in [0.25, 0.3) is 21.8 Å². The Morgan fingerprint density at radius 2 is 1.04 bits per heavy atom. The van der Waals surface area contributed by atoms with Gasteiger partial charge in [-0.2, -0.15) is 11.5 Å². The number of nitrogens with two attached hydrogens (primary N) is 3. The van der Waals surface area contributed by atoms with Crippen molar-refractivity contribution in [3.63, 3.8) is 0 Å². The molecule has 29 heteroatoms. The van der Waals surface area contributed by atoms with Gasteiger partial charge < -0.3 is 115 Å². The molecule has 0 saturated heterocycles. The quantitative estimate of drug-likeness (QED) is 0.0145. The number of carbonyl (C=O) groups is 10. The first kappa shape index (κ1) is 74.3. The van der Waals surface area contributed by atoms with Crippen LogP contribution in [0, 0.1) is 0 Å². The Kier molecular flexibility index (Phi) is 30.7. The number of nitrogens with one attached hydrogen (secondary N) is 9. The molecule has 26 nitrogen and oxygen atoms in total. The molecule has 16 N–H and O–H groups in total. The average molecular weight is 1450 g/mol. The van der Waals surface area contributed by atoms with Crippen molar-refractivity contribution in [2.75, 3.05) is 31.1 Å². The number of carboxylic acids is 1. The van der Waals surface area contributed by atoms with Gasteiger partial charge in [0.2, 0.25) is 53.2 Å². The summed E-state index contributed by atoms with van der Waals surface area (Å²) in [6, 6.07) is 19.6. The van der Waals surface area contributed by atoms with E-state index in [2.05, 4.69) is 47.2 Å². The van der Waals surface area contributed by atoms with Crippen molar-refractivity contribution in [1.29, 1.82) is 0 Å². The van der Waals surface area contributed by atoms with Crippen LogP contribution in [0.3, 0.4) is 0 Å². The van der Waals surface area contributed by atoms with Crippen LogP contribution in [0.2, 0.25) is 0 Å². The molecule has 6 rings (SSSR count). The summed E-state index contributed by atoms with van der Waals surface area (Å²) >= 11 is 9.87. The zero-order valence-electron chi connectivity index (χ0n) is 49.2. The van der Waals surface area contributed by atoms with Gasteiger partial charge in [0.1, 0.15) is 36.3 Å². The molecule has 2 aromatic heterocycles. The third kappa shape index (κ3) is 21.8. The van der Waals surface area contributed by atoms with Crippen LogP contribution in [0.5, 0.6) is 0 Å². The normalized spacial score (nSPS) is 14.0. The van der Waals surface area contributed by atoms with Crippen LogP contribution >= 0.6 is 0 Å². The number of primary amides is 1. The summed E-state index contributed by atoms with van der Waals surface area (Å²) in [6.45, 7) is 0.346. The zero-order valence-corrected chi connectivity index (χ0v) is 53.5. The van der Waals surface area contributed by atoms with E-state index in [9.17, 15) is 48.6 Å². The van der Waals surface area contributed by atoms with E-state index in [1.807, 2.05) is 24.3 Å². The van der Waals surface area contributed by atoms with Crippen LogP contribution in [0.15, 0.2) is 122 Å². The number of nitrogens with zero attached hydrogens (tertiary/aromatic N) is 1. The number of aliphatic hydroxyl groups is 1. The largest absolute Gasteiger partial charge is 2.00 e. The Balaban J connectivity index is 0.00000865. The van der Waals surface area contributed by atoms with Gasteiger partial charge in [-0.1, -0.05) is 97.1 Å². The number of hydrogen-bond acceptors (Lipinski definition) is 16. The Bertz CT molecular complexity index is 3380. The Morgan fingerprint density at radius 3 is 1.51 bits per heavy atom. The van der Waals surface area contributed by atoms with Crippen molar-refractivity contribution in [3.8, 4) is 0 Å². The van der Waals surface area contributed by atoms with E-state index in [1.165, 1.54) is 6.92 Å². The molecule has 2 heterocycles. The molecule has 0 aliphatic rings. The minimum absolute atomic E-state index is 0. The first-order chi connectivity index (χ1) is 42.2. The number of amides is 9. The fraction of sp³-hybridized carbons (Fsp3) is 0.377. The molecule has 1 radical (unpaired) electrons. The van der Waals surface area contributed by atoms with Crippen molar-refractivity contribution < 1.29 is 84.1 Å². The summed E-state index contributed by atoms with van der Waals surface area (Å²) < 4.78 is 0. The van der Waals surface area contributed by atoms with Crippen LogP contribution < -0.4 is 59.5 Å². The topological polar surface area (TPSA) is 440 Å². The van der Waals surface area contributed by atoms with E-state index in [0.29, 0.717) is 44.5 Å². The predicted octanol–water partition coefficient (Wildman–Crippen LogP) is -2.42. The first-order valence-corrected chi connectivity index (χ1v) is 29.7. The number of carboxylic acid groups (broad SMARTS) is 1. The molecule has 0 aliphatic carbocycles. The molecular weight excluding hydrogens is 1370 g/mol. The van der Waals surface area contributed by atoms with Gasteiger partial charge in [-0.15, -0.1) is 0 Å². The monoisotopic (exact) mass is 1450 g/mol. The zero-order chi connectivity index (χ0) is 63.9. The molecule has 0 spiro atoms. The molecule has 6 aromatic rings. The molecule has 9 atom stereocenters. The number of H-pyrrole nitrogens is 2. The first-order valence-electron chi connectivity index (χ1n) is 28.6. The van der Waals surface area contributed by atoms with Crippen molar-refractivity contribution in [2.45, 2.75) is 113 Å².